The minimum atomic E-state index is -0.508. The van der Waals surface area contributed by atoms with Crippen molar-refractivity contribution in [2.45, 2.75) is 26.3 Å². The Kier molecular flexibility index (Phi) is 6.43. The van der Waals surface area contributed by atoms with E-state index in [0.29, 0.717) is 34.9 Å². The van der Waals surface area contributed by atoms with E-state index in [1.165, 1.54) is 35.6 Å². The monoisotopic (exact) mass is 468 g/mol. The van der Waals surface area contributed by atoms with Gasteiger partial charge >= 0.3 is 0 Å². The van der Waals surface area contributed by atoms with Crippen molar-refractivity contribution in [1.82, 2.24) is 4.57 Å². The summed E-state index contributed by atoms with van der Waals surface area (Å²) in [5.74, 6) is -1.04. The summed E-state index contributed by atoms with van der Waals surface area (Å²) < 4.78 is 7.86. The average Bonchev–Trinajstić information content (AvgIpc) is 3.32. The first kappa shape index (κ1) is 22.5. The molecule has 0 saturated carbocycles. The van der Waals surface area contributed by atoms with E-state index in [9.17, 15) is 24.5 Å². The molecule has 170 valence electrons. The van der Waals surface area contributed by atoms with Gasteiger partial charge in [0.05, 0.1) is 27.4 Å². The number of aromatic nitrogens is 1. The summed E-state index contributed by atoms with van der Waals surface area (Å²) in [4.78, 5) is 53.1. The molecule has 0 bridgehead atoms. The van der Waals surface area contributed by atoms with E-state index in [-0.39, 0.29) is 35.9 Å². The third-order valence-electron chi connectivity index (χ3n) is 5.16. The summed E-state index contributed by atoms with van der Waals surface area (Å²) in [5, 5.41) is 11.1. The maximum Gasteiger partial charge on any atom is 0.279 e. The molecule has 1 aliphatic heterocycles. The van der Waals surface area contributed by atoms with E-state index < -0.39 is 10.8 Å². The number of carbonyl (C=O) groups excluding carboxylic acids is 3. The highest BCUT2D eigenvalue weighted by Gasteiger charge is 2.30. The Morgan fingerprint density at radius 3 is 2.48 bits per heavy atom. The molecule has 10 nitrogen and oxygen atoms in total. The highest BCUT2D eigenvalue weighted by Crippen LogP contribution is 2.24. The molecule has 2 heterocycles. The van der Waals surface area contributed by atoms with Crippen LogP contribution in [0.3, 0.4) is 0 Å². The number of nitrogens with zero attached hydrogens (tertiary/aromatic N) is 4. The molecule has 4 rings (SSSR count). The smallest absolute Gasteiger partial charge is 0.279 e. The second kappa shape index (κ2) is 9.43. The Labute approximate surface area is 191 Å². The predicted octanol–water partition coefficient (Wildman–Crippen LogP) is 3.04. The number of hydrogen-bond donors (Lipinski definition) is 0. The molecule has 3 amide bonds. The zero-order valence-electron chi connectivity index (χ0n) is 17.7. The first-order valence-corrected chi connectivity index (χ1v) is 11.1. The number of ether oxygens (including phenoxy) is 1. The van der Waals surface area contributed by atoms with E-state index in [1.54, 1.807) is 22.8 Å². The van der Waals surface area contributed by atoms with Crippen LogP contribution in [0.4, 0.5) is 11.4 Å². The van der Waals surface area contributed by atoms with Crippen molar-refractivity contribution in [3.63, 3.8) is 0 Å². The fourth-order valence-electron chi connectivity index (χ4n) is 3.55. The van der Waals surface area contributed by atoms with Crippen molar-refractivity contribution in [3.8, 4) is 0 Å². The third-order valence-corrected chi connectivity index (χ3v) is 6.20. The fourth-order valence-corrected chi connectivity index (χ4v) is 4.63. The van der Waals surface area contributed by atoms with Gasteiger partial charge in [-0.15, -0.1) is 0 Å². The number of imide groups is 1. The molecule has 1 aromatic heterocycles. The van der Waals surface area contributed by atoms with Gasteiger partial charge in [0.1, 0.15) is 0 Å². The second-order valence-electron chi connectivity index (χ2n) is 7.23. The van der Waals surface area contributed by atoms with Gasteiger partial charge < -0.3 is 9.30 Å². The molecule has 0 N–H and O–H groups in total. The number of amides is 3. The number of hydrogen-bond acceptors (Lipinski definition) is 7. The first-order chi connectivity index (χ1) is 15.9. The maximum atomic E-state index is 12.8. The van der Waals surface area contributed by atoms with Gasteiger partial charge in [-0.1, -0.05) is 11.3 Å². The van der Waals surface area contributed by atoms with Gasteiger partial charge in [0.15, 0.2) is 4.80 Å². The standard InChI is InChI=1S/C22H20N4O6S/c1-2-32-12-11-24-17-8-7-16(26(30)31)13-18(17)33-22(24)23-21(29)14-3-5-15(6-4-14)25-19(27)9-10-20(25)28/h3-8,13H,2,9-12H2,1H3. The Morgan fingerprint density at radius 1 is 1.15 bits per heavy atom. The molecule has 1 aliphatic rings. The molecular weight excluding hydrogens is 448 g/mol. The largest absolute Gasteiger partial charge is 0.380 e. The zero-order valence-corrected chi connectivity index (χ0v) is 18.5. The molecule has 1 saturated heterocycles. The van der Waals surface area contributed by atoms with Crippen molar-refractivity contribution >= 4 is 50.6 Å². The van der Waals surface area contributed by atoms with Crippen LogP contribution in [0, 0.1) is 10.1 Å². The van der Waals surface area contributed by atoms with Crippen molar-refractivity contribution in [1.29, 1.82) is 0 Å². The van der Waals surface area contributed by atoms with Gasteiger partial charge in [-0.3, -0.25) is 29.4 Å². The second-order valence-corrected chi connectivity index (χ2v) is 8.24. The highest BCUT2D eigenvalue weighted by molar-refractivity contribution is 7.16. The van der Waals surface area contributed by atoms with Gasteiger partial charge in [0.25, 0.3) is 11.6 Å². The van der Waals surface area contributed by atoms with Crippen LogP contribution in [0.5, 0.6) is 0 Å². The summed E-state index contributed by atoms with van der Waals surface area (Å²) in [6.07, 6.45) is 0.362. The van der Waals surface area contributed by atoms with Crippen LogP contribution in [-0.4, -0.2) is 40.4 Å². The lowest BCUT2D eigenvalue weighted by atomic mass is 10.2. The Balaban J connectivity index is 1.68. The molecule has 33 heavy (non-hydrogen) atoms. The summed E-state index contributed by atoms with van der Waals surface area (Å²) in [6, 6.07) is 10.6. The molecule has 1 fully saturated rings. The molecule has 0 unspecified atom stereocenters. The average molecular weight is 468 g/mol. The fraction of sp³-hybridized carbons (Fsp3) is 0.273. The number of fused-ring (bicyclic) bond motifs is 1. The van der Waals surface area contributed by atoms with Crippen LogP contribution in [0.2, 0.25) is 0 Å². The van der Waals surface area contributed by atoms with Crippen molar-refractivity contribution in [2.75, 3.05) is 18.1 Å². The summed E-state index contributed by atoms with van der Waals surface area (Å²) in [7, 11) is 0. The number of thiazole rings is 1. The number of nitro groups is 1. The number of carbonyl (C=O) groups is 3. The number of non-ortho nitro benzene ring substituents is 1. The van der Waals surface area contributed by atoms with E-state index in [0.717, 1.165) is 10.4 Å². The molecular formula is C22H20N4O6S. The van der Waals surface area contributed by atoms with Gasteiger partial charge in [-0.05, 0) is 37.3 Å². The number of nitro benzene ring substituents is 1. The van der Waals surface area contributed by atoms with E-state index >= 15 is 0 Å². The quantitative estimate of drug-likeness (QED) is 0.227. The Morgan fingerprint density at radius 2 is 1.85 bits per heavy atom. The minimum Gasteiger partial charge on any atom is -0.380 e. The highest BCUT2D eigenvalue weighted by atomic mass is 32.1. The third kappa shape index (κ3) is 4.59. The number of anilines is 1. The molecule has 11 heteroatoms. The lowest BCUT2D eigenvalue weighted by Crippen LogP contribution is -2.28. The van der Waals surface area contributed by atoms with E-state index in [2.05, 4.69) is 4.99 Å². The first-order valence-electron chi connectivity index (χ1n) is 10.3. The Bertz CT molecular complexity index is 1310. The van der Waals surface area contributed by atoms with E-state index in [1.807, 2.05) is 6.92 Å². The number of rotatable bonds is 7. The van der Waals surface area contributed by atoms with Gasteiger partial charge in [-0.25, -0.2) is 0 Å². The van der Waals surface area contributed by atoms with Crippen LogP contribution in [-0.2, 0) is 20.9 Å². The minimum absolute atomic E-state index is 0.0415. The van der Waals surface area contributed by atoms with Crippen LogP contribution in [0.25, 0.3) is 10.2 Å². The van der Waals surface area contributed by atoms with Gasteiger partial charge in [-0.2, -0.15) is 4.99 Å². The SMILES string of the molecule is CCOCCn1c(=NC(=O)c2ccc(N3C(=O)CCC3=O)cc2)sc2cc([N+](=O)[O-])ccc21. The van der Waals surface area contributed by atoms with Crippen LogP contribution >= 0.6 is 11.3 Å². The molecule has 3 aromatic rings. The topological polar surface area (TPSA) is 124 Å². The lowest BCUT2D eigenvalue weighted by Gasteiger charge is -2.13. The normalized spacial score (nSPS) is 14.5. The Hall–Kier alpha value is -3.70. The van der Waals surface area contributed by atoms with Crippen LogP contribution in [0.1, 0.15) is 30.1 Å². The predicted molar refractivity (Wildman–Crippen MR) is 121 cm³/mol. The van der Waals surface area contributed by atoms with Gasteiger partial charge in [0.2, 0.25) is 11.8 Å². The molecule has 0 aliphatic carbocycles. The molecule has 0 radical (unpaired) electrons. The molecule has 0 spiro atoms. The molecule has 2 aromatic carbocycles. The van der Waals surface area contributed by atoms with Crippen molar-refractivity contribution < 1.29 is 24.0 Å². The lowest BCUT2D eigenvalue weighted by molar-refractivity contribution is -0.384. The number of benzene rings is 2. The molecule has 0 atom stereocenters. The van der Waals surface area contributed by atoms with Crippen molar-refractivity contribution in [2.24, 2.45) is 4.99 Å². The van der Waals surface area contributed by atoms with Gasteiger partial charge in [0, 0.05) is 43.7 Å². The summed E-state index contributed by atoms with van der Waals surface area (Å²) in [6.45, 7) is 3.23. The summed E-state index contributed by atoms with van der Waals surface area (Å²) >= 11 is 1.18. The summed E-state index contributed by atoms with van der Waals surface area (Å²) in [5.41, 5.74) is 1.39. The maximum absolute atomic E-state index is 12.8. The van der Waals surface area contributed by atoms with Crippen LogP contribution < -0.4 is 9.70 Å². The zero-order chi connectivity index (χ0) is 23.5. The van der Waals surface area contributed by atoms with E-state index in [4.69, 9.17) is 4.74 Å². The van der Waals surface area contributed by atoms with Crippen LogP contribution in [0.15, 0.2) is 47.5 Å². The van der Waals surface area contributed by atoms with Crippen molar-refractivity contribution in [3.05, 3.63) is 62.9 Å².